The summed E-state index contributed by atoms with van der Waals surface area (Å²) in [5.41, 5.74) is 1.99. The second-order valence-corrected chi connectivity index (χ2v) is 5.66. The van der Waals surface area contributed by atoms with Gasteiger partial charge in [0, 0.05) is 41.7 Å². The van der Waals surface area contributed by atoms with Crippen molar-refractivity contribution >= 4 is 5.69 Å². The molecule has 1 N–H and O–H groups in total. The van der Waals surface area contributed by atoms with Gasteiger partial charge in [0.1, 0.15) is 17.5 Å². The lowest BCUT2D eigenvalue weighted by Crippen LogP contribution is -2.05. The summed E-state index contributed by atoms with van der Waals surface area (Å²) in [6.45, 7) is -1.26. The Kier molecular flexibility index (Phi) is 4.92. The van der Waals surface area contributed by atoms with Crippen LogP contribution in [0.4, 0.5) is 27.6 Å². The second-order valence-electron chi connectivity index (χ2n) is 5.66. The van der Waals surface area contributed by atoms with E-state index in [0.717, 1.165) is 0 Å². The summed E-state index contributed by atoms with van der Waals surface area (Å²) in [6, 6.07) is 7.89. The molecule has 0 radical (unpaired) electrons. The fourth-order valence-electron chi connectivity index (χ4n) is 2.56. The van der Waals surface area contributed by atoms with E-state index < -0.39 is 24.0 Å². The highest BCUT2D eigenvalue weighted by Crippen LogP contribution is 2.26. The summed E-state index contributed by atoms with van der Waals surface area (Å²) < 4.78 is 66.1. The van der Waals surface area contributed by atoms with Gasteiger partial charge in [-0.3, -0.25) is 0 Å². The van der Waals surface area contributed by atoms with E-state index in [9.17, 15) is 22.0 Å². The van der Waals surface area contributed by atoms with Crippen molar-refractivity contribution in [2.24, 2.45) is 0 Å². The summed E-state index contributed by atoms with van der Waals surface area (Å²) in [5, 5.41) is 6.58. The average Bonchev–Trinajstić information content (AvgIpc) is 2.96. The number of alkyl halides is 2. The lowest BCUT2D eigenvalue weighted by molar-refractivity contribution is 0.0563. The van der Waals surface area contributed by atoms with E-state index in [4.69, 9.17) is 0 Å². The fraction of sp³-hybridized carbons (Fsp3) is 0.167. The lowest BCUT2D eigenvalue weighted by atomic mass is 10.1. The molecule has 0 saturated heterocycles. The Balaban J connectivity index is 1.75. The highest BCUT2D eigenvalue weighted by atomic mass is 19.3. The Morgan fingerprint density at radius 3 is 2.19 bits per heavy atom. The van der Waals surface area contributed by atoms with Gasteiger partial charge in [0.25, 0.3) is 0 Å². The maximum atomic E-state index is 13.6. The van der Waals surface area contributed by atoms with Crippen LogP contribution in [0.5, 0.6) is 0 Å². The topological polar surface area (TPSA) is 29.9 Å². The van der Waals surface area contributed by atoms with Gasteiger partial charge in [-0.05, 0) is 24.6 Å². The largest absolute Gasteiger partial charge is 0.381 e. The smallest absolute Gasteiger partial charge is 0.333 e. The summed E-state index contributed by atoms with van der Waals surface area (Å²) in [4.78, 5) is 0. The Labute approximate surface area is 146 Å². The molecule has 2 aromatic carbocycles. The zero-order valence-corrected chi connectivity index (χ0v) is 13.6. The van der Waals surface area contributed by atoms with Crippen LogP contribution in [0.15, 0.2) is 42.6 Å². The number of rotatable bonds is 5. The van der Waals surface area contributed by atoms with E-state index >= 15 is 0 Å². The van der Waals surface area contributed by atoms with Crippen LogP contribution in [0.25, 0.3) is 11.1 Å². The molecule has 0 unspecified atom stereocenters. The quantitative estimate of drug-likeness (QED) is 0.622. The molecule has 0 saturated carbocycles. The van der Waals surface area contributed by atoms with Crippen molar-refractivity contribution < 1.29 is 22.0 Å². The molecule has 0 amide bonds. The number of anilines is 1. The molecule has 0 aliphatic carbocycles. The first kappa shape index (κ1) is 17.9. The Morgan fingerprint density at radius 1 is 1.04 bits per heavy atom. The predicted octanol–water partition coefficient (Wildman–Crippen LogP) is 5.28. The first-order valence-corrected chi connectivity index (χ1v) is 7.67. The zero-order valence-electron chi connectivity index (χ0n) is 13.6. The molecular weight excluding hydrogens is 353 g/mol. The van der Waals surface area contributed by atoms with Crippen LogP contribution in [0.2, 0.25) is 0 Å². The minimum absolute atomic E-state index is 0.167. The molecule has 0 spiro atoms. The molecule has 3 nitrogen and oxygen atoms in total. The normalized spacial score (nSPS) is 11.2. The van der Waals surface area contributed by atoms with Crippen molar-refractivity contribution in [1.82, 2.24) is 9.78 Å². The number of nitrogens with zero attached hydrogens (tertiary/aromatic N) is 2. The van der Waals surface area contributed by atoms with Crippen molar-refractivity contribution in [1.29, 1.82) is 0 Å². The maximum Gasteiger partial charge on any atom is 0.333 e. The SMILES string of the molecule is Cc1nn(C(F)F)cc1-c1ccc(NCc2c(F)cc(F)cc2F)cc1. The minimum atomic E-state index is -2.72. The van der Waals surface area contributed by atoms with Crippen LogP contribution in [0.1, 0.15) is 17.8 Å². The van der Waals surface area contributed by atoms with Gasteiger partial charge in [0.15, 0.2) is 0 Å². The summed E-state index contributed by atoms with van der Waals surface area (Å²) in [7, 11) is 0. The third-order valence-electron chi connectivity index (χ3n) is 3.89. The molecule has 26 heavy (non-hydrogen) atoms. The van der Waals surface area contributed by atoms with Crippen molar-refractivity contribution in [3.63, 3.8) is 0 Å². The van der Waals surface area contributed by atoms with Gasteiger partial charge < -0.3 is 5.32 Å². The van der Waals surface area contributed by atoms with Crippen LogP contribution in [-0.4, -0.2) is 9.78 Å². The average molecular weight is 367 g/mol. The third-order valence-corrected chi connectivity index (χ3v) is 3.89. The number of hydrogen-bond acceptors (Lipinski definition) is 2. The number of aromatic nitrogens is 2. The Morgan fingerprint density at radius 2 is 1.65 bits per heavy atom. The van der Waals surface area contributed by atoms with Crippen LogP contribution in [-0.2, 0) is 6.54 Å². The van der Waals surface area contributed by atoms with Crippen LogP contribution in [0, 0.1) is 24.4 Å². The van der Waals surface area contributed by atoms with Gasteiger partial charge in [-0.1, -0.05) is 12.1 Å². The Hall–Kier alpha value is -2.90. The number of nitrogens with one attached hydrogen (secondary N) is 1. The van der Waals surface area contributed by atoms with Crippen LogP contribution < -0.4 is 5.32 Å². The number of halogens is 5. The first-order valence-electron chi connectivity index (χ1n) is 7.67. The first-order chi connectivity index (χ1) is 12.3. The van der Waals surface area contributed by atoms with Crippen LogP contribution in [0.3, 0.4) is 0 Å². The van der Waals surface area contributed by atoms with Gasteiger partial charge in [-0.15, -0.1) is 0 Å². The van der Waals surface area contributed by atoms with Crippen molar-refractivity contribution in [3.8, 4) is 11.1 Å². The van der Waals surface area contributed by atoms with Crippen LogP contribution >= 0.6 is 0 Å². The number of aryl methyl sites for hydroxylation is 1. The molecule has 0 bridgehead atoms. The molecule has 0 atom stereocenters. The van der Waals surface area contributed by atoms with E-state index in [0.29, 0.717) is 39.3 Å². The lowest BCUT2D eigenvalue weighted by Gasteiger charge is -2.09. The molecule has 0 aliphatic heterocycles. The predicted molar refractivity (Wildman–Crippen MR) is 87.3 cm³/mol. The molecule has 8 heteroatoms. The van der Waals surface area contributed by atoms with Gasteiger partial charge in [-0.25, -0.2) is 17.9 Å². The van der Waals surface area contributed by atoms with Gasteiger partial charge in [0.05, 0.1) is 5.69 Å². The number of hydrogen-bond donors (Lipinski definition) is 1. The molecule has 3 aromatic rings. The standard InChI is InChI=1S/C18H14F5N3/c1-10-15(9-26(25-10)18(22)23)11-2-4-13(5-3-11)24-8-14-16(20)6-12(19)7-17(14)21/h2-7,9,18,24H,8H2,1H3. The van der Waals surface area contributed by atoms with E-state index in [-0.39, 0.29) is 12.1 Å². The Bertz CT molecular complexity index is 896. The maximum absolute atomic E-state index is 13.6. The van der Waals surface area contributed by atoms with Gasteiger partial charge >= 0.3 is 6.55 Å². The molecule has 136 valence electrons. The minimum Gasteiger partial charge on any atom is -0.381 e. The number of benzene rings is 2. The van der Waals surface area contributed by atoms with Gasteiger partial charge in [0.2, 0.25) is 0 Å². The molecule has 3 rings (SSSR count). The zero-order chi connectivity index (χ0) is 18.8. The molecule has 0 aliphatic rings. The van der Waals surface area contributed by atoms with Crippen molar-refractivity contribution in [2.75, 3.05) is 5.32 Å². The summed E-state index contributed by atoms with van der Waals surface area (Å²) in [5.74, 6) is -2.92. The summed E-state index contributed by atoms with van der Waals surface area (Å²) >= 11 is 0. The van der Waals surface area contributed by atoms with Gasteiger partial charge in [-0.2, -0.15) is 13.9 Å². The van der Waals surface area contributed by atoms with E-state index in [2.05, 4.69) is 10.4 Å². The van der Waals surface area contributed by atoms with Crippen molar-refractivity contribution in [3.05, 3.63) is 71.3 Å². The monoisotopic (exact) mass is 367 g/mol. The molecular formula is C18H14F5N3. The van der Waals surface area contributed by atoms with E-state index in [1.807, 2.05) is 0 Å². The molecule has 0 fully saturated rings. The molecule has 1 heterocycles. The fourth-order valence-corrected chi connectivity index (χ4v) is 2.56. The highest BCUT2D eigenvalue weighted by molar-refractivity contribution is 5.67. The third kappa shape index (κ3) is 3.68. The summed E-state index contributed by atoms with van der Waals surface area (Å²) in [6.07, 6.45) is 1.26. The van der Waals surface area contributed by atoms with Crippen molar-refractivity contribution in [2.45, 2.75) is 20.0 Å². The highest BCUT2D eigenvalue weighted by Gasteiger charge is 2.13. The van der Waals surface area contributed by atoms with E-state index in [1.54, 1.807) is 31.2 Å². The molecule has 1 aromatic heterocycles. The second kappa shape index (κ2) is 7.15. The van der Waals surface area contributed by atoms with E-state index in [1.165, 1.54) is 6.20 Å².